The zero-order valence-corrected chi connectivity index (χ0v) is 25.3. The quantitative estimate of drug-likeness (QED) is 0.158. The molecule has 42 heavy (non-hydrogen) atoms. The summed E-state index contributed by atoms with van der Waals surface area (Å²) in [7, 11) is 0. The molecule has 9 heteroatoms. The normalized spacial score (nSPS) is 20.0. The highest BCUT2D eigenvalue weighted by Crippen LogP contribution is 2.32. The van der Waals surface area contributed by atoms with Gasteiger partial charge in [-0.3, -0.25) is 10.1 Å². The zero-order chi connectivity index (χ0) is 30.0. The number of imide groups is 1. The first-order chi connectivity index (χ1) is 20.1. The van der Waals surface area contributed by atoms with Gasteiger partial charge in [-0.05, 0) is 74.4 Å². The summed E-state index contributed by atoms with van der Waals surface area (Å²) in [6, 6.07) is 13.6. The van der Waals surface area contributed by atoms with Gasteiger partial charge in [0.05, 0.1) is 12.7 Å². The number of unbranched alkanes of at least 4 members (excludes halogenated alkanes) is 4. The summed E-state index contributed by atoms with van der Waals surface area (Å²) in [5.41, 5.74) is 3.23. The number of amides is 3. The third-order valence-corrected chi connectivity index (χ3v) is 7.80. The number of hydrogen-bond donors (Lipinski definition) is 4. The van der Waals surface area contributed by atoms with Crippen LogP contribution in [-0.4, -0.2) is 54.7 Å². The second-order valence-corrected chi connectivity index (χ2v) is 12.1. The molecule has 3 amide bonds. The van der Waals surface area contributed by atoms with E-state index in [1.54, 1.807) is 6.92 Å². The van der Waals surface area contributed by atoms with Crippen molar-refractivity contribution in [2.45, 2.75) is 96.2 Å². The van der Waals surface area contributed by atoms with Gasteiger partial charge in [-0.1, -0.05) is 43.2 Å². The maximum atomic E-state index is 12.1. The lowest BCUT2D eigenvalue weighted by molar-refractivity contribution is -0.180. The molecule has 9 nitrogen and oxygen atoms in total. The summed E-state index contributed by atoms with van der Waals surface area (Å²) >= 11 is 0. The van der Waals surface area contributed by atoms with E-state index in [9.17, 15) is 14.7 Å². The third kappa shape index (κ3) is 9.52. The van der Waals surface area contributed by atoms with E-state index in [0.29, 0.717) is 19.6 Å². The molecule has 1 fully saturated rings. The highest BCUT2D eigenvalue weighted by molar-refractivity contribution is 6.06. The van der Waals surface area contributed by atoms with Gasteiger partial charge in [0.25, 0.3) is 5.91 Å². The molecule has 2 aliphatic rings. The number of aliphatic hydroxyl groups excluding tert-OH is 1. The predicted molar refractivity (Wildman–Crippen MR) is 161 cm³/mol. The lowest BCUT2D eigenvalue weighted by Crippen LogP contribution is -2.45. The zero-order valence-electron chi connectivity index (χ0n) is 25.3. The first kappa shape index (κ1) is 31.9. The molecule has 0 radical (unpaired) electrons. The van der Waals surface area contributed by atoms with E-state index in [4.69, 9.17) is 14.2 Å². The Hall–Kier alpha value is -2.98. The molecule has 0 unspecified atom stereocenters. The van der Waals surface area contributed by atoms with Crippen molar-refractivity contribution in [3.8, 4) is 5.75 Å². The molecule has 0 aliphatic carbocycles. The number of aliphatic hydroxyl groups is 1. The number of benzene rings is 2. The summed E-state index contributed by atoms with van der Waals surface area (Å²) in [5.74, 6) is -0.0710. The number of rotatable bonds is 17. The summed E-state index contributed by atoms with van der Waals surface area (Å²) in [6.07, 6.45) is 7.33. The Morgan fingerprint density at radius 2 is 1.74 bits per heavy atom. The van der Waals surface area contributed by atoms with Crippen LogP contribution in [0, 0.1) is 0 Å². The SMILES string of the molecule is CC1(C)OCc2cc([C@@H](O)CNCCCCCCOCCCCc3cccc(C[C@@]4(C)NC(=O)NC4=O)c3)ccc2O1. The van der Waals surface area contributed by atoms with Gasteiger partial charge in [-0.15, -0.1) is 0 Å². The second kappa shape index (κ2) is 15.0. The van der Waals surface area contributed by atoms with Crippen LogP contribution in [0.1, 0.15) is 87.7 Å². The number of aryl methyl sites for hydroxylation is 1. The molecule has 0 spiro atoms. The predicted octanol–water partition coefficient (Wildman–Crippen LogP) is 4.70. The first-order valence-electron chi connectivity index (χ1n) is 15.3. The van der Waals surface area contributed by atoms with Gasteiger partial charge >= 0.3 is 6.03 Å². The van der Waals surface area contributed by atoms with Crippen LogP contribution in [0.3, 0.4) is 0 Å². The highest BCUT2D eigenvalue weighted by atomic mass is 16.7. The van der Waals surface area contributed by atoms with Crippen LogP contribution in [0.25, 0.3) is 0 Å². The second-order valence-electron chi connectivity index (χ2n) is 12.1. The smallest absolute Gasteiger partial charge is 0.322 e. The van der Waals surface area contributed by atoms with Crippen LogP contribution in [-0.2, 0) is 33.7 Å². The van der Waals surface area contributed by atoms with E-state index in [0.717, 1.165) is 87.1 Å². The number of carbonyl (C=O) groups is 2. The number of nitrogens with one attached hydrogen (secondary N) is 3. The van der Waals surface area contributed by atoms with Crippen molar-refractivity contribution in [2.75, 3.05) is 26.3 Å². The molecule has 0 aromatic heterocycles. The lowest BCUT2D eigenvalue weighted by Gasteiger charge is -2.33. The number of urea groups is 1. The number of fused-ring (bicyclic) bond motifs is 1. The minimum absolute atomic E-state index is 0.277. The summed E-state index contributed by atoms with van der Waals surface area (Å²) in [4.78, 5) is 23.6. The lowest BCUT2D eigenvalue weighted by atomic mass is 9.92. The molecular formula is C33H47N3O6. The number of hydrogen-bond acceptors (Lipinski definition) is 7. The maximum absolute atomic E-state index is 12.1. The first-order valence-corrected chi connectivity index (χ1v) is 15.3. The average Bonchev–Trinajstić information content (AvgIpc) is 3.20. The van der Waals surface area contributed by atoms with Crippen molar-refractivity contribution < 1.29 is 28.9 Å². The number of ether oxygens (including phenoxy) is 3. The van der Waals surface area contributed by atoms with Crippen LogP contribution < -0.4 is 20.7 Å². The van der Waals surface area contributed by atoms with Crippen molar-refractivity contribution in [1.82, 2.24) is 16.0 Å². The van der Waals surface area contributed by atoms with E-state index in [2.05, 4.69) is 28.1 Å². The standard InChI is InChI=1S/C33H47N3O6/c1-32(2)41-23-27-20-26(14-15-29(27)42-32)28(37)22-34-16-7-4-5-8-17-40-18-9-6-11-24-12-10-13-25(19-24)21-33(3)30(38)35-31(39)36-33/h10,12-15,19-20,28,34,37H,4-9,11,16-18,21-23H2,1-3H3,(H2,35,36,38,39)/t28-,33+/m0/s1. The molecule has 2 atom stereocenters. The summed E-state index contributed by atoms with van der Waals surface area (Å²) in [5, 5.41) is 19.0. The van der Waals surface area contributed by atoms with Gasteiger partial charge in [0.15, 0.2) is 0 Å². The van der Waals surface area contributed by atoms with E-state index in [-0.39, 0.29) is 5.91 Å². The fourth-order valence-electron chi connectivity index (χ4n) is 5.37. The minimum atomic E-state index is -0.893. The topological polar surface area (TPSA) is 118 Å². The van der Waals surface area contributed by atoms with E-state index < -0.39 is 23.5 Å². The Balaban J connectivity index is 0.982. The molecule has 2 heterocycles. The summed E-state index contributed by atoms with van der Waals surface area (Å²) < 4.78 is 17.4. The fraction of sp³-hybridized carbons (Fsp3) is 0.576. The van der Waals surface area contributed by atoms with Gasteiger partial charge in [0.1, 0.15) is 11.3 Å². The van der Waals surface area contributed by atoms with E-state index >= 15 is 0 Å². The molecule has 0 bridgehead atoms. The van der Waals surface area contributed by atoms with Crippen LogP contribution in [0.4, 0.5) is 4.79 Å². The molecule has 230 valence electrons. The monoisotopic (exact) mass is 581 g/mol. The minimum Gasteiger partial charge on any atom is -0.463 e. The largest absolute Gasteiger partial charge is 0.463 e. The molecule has 4 N–H and O–H groups in total. The van der Waals surface area contributed by atoms with Gasteiger partial charge in [-0.25, -0.2) is 4.79 Å². The third-order valence-electron chi connectivity index (χ3n) is 7.80. The van der Waals surface area contributed by atoms with Crippen molar-refractivity contribution >= 4 is 11.9 Å². The van der Waals surface area contributed by atoms with Crippen LogP contribution in [0.5, 0.6) is 5.75 Å². The van der Waals surface area contributed by atoms with Crippen molar-refractivity contribution in [1.29, 1.82) is 0 Å². The van der Waals surface area contributed by atoms with E-state index in [1.807, 2.05) is 44.2 Å². The Morgan fingerprint density at radius 1 is 0.976 bits per heavy atom. The van der Waals surface area contributed by atoms with Crippen LogP contribution in [0.2, 0.25) is 0 Å². The molecule has 1 saturated heterocycles. The van der Waals surface area contributed by atoms with Crippen molar-refractivity contribution in [2.24, 2.45) is 0 Å². The summed E-state index contributed by atoms with van der Waals surface area (Å²) in [6.45, 7) is 8.99. The molecule has 2 aromatic carbocycles. The maximum Gasteiger partial charge on any atom is 0.322 e. The van der Waals surface area contributed by atoms with Gasteiger partial charge in [-0.2, -0.15) is 0 Å². The van der Waals surface area contributed by atoms with E-state index in [1.165, 1.54) is 5.56 Å². The van der Waals surface area contributed by atoms with Crippen LogP contribution in [0.15, 0.2) is 42.5 Å². The van der Waals surface area contributed by atoms with Crippen molar-refractivity contribution in [3.63, 3.8) is 0 Å². The van der Waals surface area contributed by atoms with Gasteiger partial charge in [0.2, 0.25) is 5.79 Å². The Bertz CT molecular complexity index is 1200. The van der Waals surface area contributed by atoms with Gasteiger partial charge in [0, 0.05) is 45.6 Å². The fourth-order valence-corrected chi connectivity index (χ4v) is 5.37. The average molecular weight is 582 g/mol. The molecule has 0 saturated carbocycles. The van der Waals surface area contributed by atoms with Gasteiger partial charge < -0.3 is 30.0 Å². The molecule has 4 rings (SSSR count). The number of carbonyl (C=O) groups excluding carboxylic acids is 2. The Morgan fingerprint density at radius 3 is 2.52 bits per heavy atom. The highest BCUT2D eigenvalue weighted by Gasteiger charge is 2.41. The van der Waals surface area contributed by atoms with Crippen LogP contribution >= 0.6 is 0 Å². The molecule has 2 aromatic rings. The Labute approximate surface area is 249 Å². The van der Waals surface area contributed by atoms with Crippen molar-refractivity contribution in [3.05, 3.63) is 64.7 Å². The Kier molecular flexibility index (Phi) is 11.4. The molecular weight excluding hydrogens is 534 g/mol. The molecule has 2 aliphatic heterocycles.